The number of nitrogens with one attached hydrogen (secondary N) is 1. The molecule has 4 heteroatoms. The number of hydrogen-bond acceptors (Lipinski definition) is 3. The molecule has 1 aliphatic rings. The Balaban J connectivity index is 1.93. The Bertz CT molecular complexity index is 832. The maximum Gasteiger partial charge on any atom is 0.410 e. The molecule has 29 heavy (non-hydrogen) atoms. The van der Waals surface area contributed by atoms with Crippen molar-refractivity contribution in [3.63, 3.8) is 0 Å². The van der Waals surface area contributed by atoms with Gasteiger partial charge in [-0.05, 0) is 67.0 Å². The third-order valence-electron chi connectivity index (χ3n) is 5.95. The molecule has 0 aliphatic carbocycles. The monoisotopic (exact) mass is 394 g/mol. The molecule has 1 aliphatic heterocycles. The number of carbonyl (C=O) groups excluding carboxylic acids is 1. The van der Waals surface area contributed by atoms with Gasteiger partial charge in [0.25, 0.3) is 0 Å². The van der Waals surface area contributed by atoms with Crippen LogP contribution in [0.1, 0.15) is 59.2 Å². The second-order valence-corrected chi connectivity index (χ2v) is 8.07. The van der Waals surface area contributed by atoms with Crippen LogP contribution in [0.15, 0.2) is 36.4 Å². The van der Waals surface area contributed by atoms with Gasteiger partial charge in [-0.25, -0.2) is 4.79 Å². The van der Waals surface area contributed by atoms with Crippen LogP contribution in [-0.2, 0) is 11.2 Å². The molecular weight excluding hydrogens is 360 g/mol. The van der Waals surface area contributed by atoms with E-state index in [4.69, 9.17) is 4.74 Å². The number of amides is 1. The van der Waals surface area contributed by atoms with Gasteiger partial charge in [0.05, 0.1) is 12.6 Å². The zero-order valence-electron chi connectivity index (χ0n) is 18.3. The topological polar surface area (TPSA) is 41.6 Å². The minimum atomic E-state index is -0.186. The Kier molecular flexibility index (Phi) is 7.32. The number of unbranched alkanes of at least 4 members (excludes halogenated alkanes) is 1. The summed E-state index contributed by atoms with van der Waals surface area (Å²) in [6.07, 6.45) is 2.66. The van der Waals surface area contributed by atoms with Crippen LogP contribution in [0, 0.1) is 20.8 Å². The van der Waals surface area contributed by atoms with E-state index in [0.717, 1.165) is 32.4 Å². The lowest BCUT2D eigenvalue weighted by Gasteiger charge is -2.37. The number of hydrogen-bond donors (Lipinski definition) is 1. The van der Waals surface area contributed by atoms with Crippen LogP contribution < -0.4 is 5.32 Å². The molecule has 1 fully saturated rings. The largest absolute Gasteiger partial charge is 0.449 e. The molecule has 2 aromatic rings. The lowest BCUT2D eigenvalue weighted by molar-refractivity contribution is 0.0760. The molecule has 0 radical (unpaired) electrons. The number of aryl methyl sites for hydroxylation is 2. The number of benzene rings is 2. The van der Waals surface area contributed by atoms with Gasteiger partial charge in [-0.15, -0.1) is 0 Å². The molecule has 1 atom stereocenters. The van der Waals surface area contributed by atoms with Crippen LogP contribution in [0.5, 0.6) is 0 Å². The second kappa shape index (κ2) is 9.93. The van der Waals surface area contributed by atoms with E-state index < -0.39 is 0 Å². The number of rotatable bonds is 6. The van der Waals surface area contributed by atoms with Crippen LogP contribution in [0.2, 0.25) is 0 Å². The van der Waals surface area contributed by atoms with Gasteiger partial charge in [0.1, 0.15) is 0 Å². The average molecular weight is 395 g/mol. The SMILES string of the molecule is CCCCOC(=O)N1CCNCC1c1c(C)cc(C)c(Cc2ccccc2)c1C. The molecule has 0 spiro atoms. The summed E-state index contributed by atoms with van der Waals surface area (Å²) in [5.41, 5.74) is 7.80. The summed E-state index contributed by atoms with van der Waals surface area (Å²) in [6.45, 7) is 11.4. The van der Waals surface area contributed by atoms with E-state index in [0.29, 0.717) is 13.2 Å². The molecule has 1 N–H and O–H groups in total. The van der Waals surface area contributed by atoms with Gasteiger partial charge in [0, 0.05) is 19.6 Å². The van der Waals surface area contributed by atoms with Crippen LogP contribution in [0.3, 0.4) is 0 Å². The highest BCUT2D eigenvalue weighted by atomic mass is 16.6. The van der Waals surface area contributed by atoms with Crippen molar-refractivity contribution in [3.8, 4) is 0 Å². The van der Waals surface area contributed by atoms with Crippen LogP contribution in [-0.4, -0.2) is 37.2 Å². The maximum absolute atomic E-state index is 12.8. The number of piperazine rings is 1. The van der Waals surface area contributed by atoms with E-state index in [1.807, 2.05) is 4.90 Å². The number of carbonyl (C=O) groups is 1. The van der Waals surface area contributed by atoms with Gasteiger partial charge in [-0.2, -0.15) is 0 Å². The molecule has 3 rings (SSSR count). The van der Waals surface area contributed by atoms with Crippen molar-refractivity contribution in [3.05, 3.63) is 69.8 Å². The van der Waals surface area contributed by atoms with E-state index in [9.17, 15) is 4.79 Å². The lowest BCUT2D eigenvalue weighted by atomic mass is 9.86. The standard InChI is InChI=1S/C25H34N2O2/c1-5-6-14-29-25(28)27-13-12-26-17-23(27)24-19(3)15-18(2)22(20(24)4)16-21-10-8-7-9-11-21/h7-11,15,23,26H,5-6,12-14,16-17H2,1-4H3. The summed E-state index contributed by atoms with van der Waals surface area (Å²) in [5.74, 6) is 0. The second-order valence-electron chi connectivity index (χ2n) is 8.07. The molecule has 0 saturated carbocycles. The summed E-state index contributed by atoms with van der Waals surface area (Å²) in [5, 5.41) is 3.47. The fourth-order valence-electron chi connectivity index (χ4n) is 4.40. The van der Waals surface area contributed by atoms with Gasteiger partial charge >= 0.3 is 6.09 Å². The minimum Gasteiger partial charge on any atom is -0.449 e. The van der Waals surface area contributed by atoms with E-state index in [2.05, 4.69) is 69.4 Å². The van der Waals surface area contributed by atoms with Crippen LogP contribution in [0.25, 0.3) is 0 Å². The Morgan fingerprint density at radius 2 is 1.93 bits per heavy atom. The first-order chi connectivity index (χ1) is 14.0. The normalized spacial score (nSPS) is 16.7. The predicted molar refractivity (Wildman–Crippen MR) is 118 cm³/mol. The smallest absolute Gasteiger partial charge is 0.410 e. The van der Waals surface area contributed by atoms with Gasteiger partial charge in [-0.3, -0.25) is 4.90 Å². The lowest BCUT2D eigenvalue weighted by Crippen LogP contribution is -2.49. The molecule has 0 aromatic heterocycles. The summed E-state index contributed by atoms with van der Waals surface area (Å²) < 4.78 is 5.56. The molecule has 0 bridgehead atoms. The number of ether oxygens (including phenoxy) is 1. The highest BCUT2D eigenvalue weighted by molar-refractivity contribution is 5.69. The maximum atomic E-state index is 12.8. The zero-order valence-corrected chi connectivity index (χ0v) is 18.3. The van der Waals surface area contributed by atoms with Gasteiger partial charge in [0.15, 0.2) is 0 Å². The molecule has 1 saturated heterocycles. The minimum absolute atomic E-state index is 0.00741. The predicted octanol–water partition coefficient (Wildman–Crippen LogP) is 5.09. The van der Waals surface area contributed by atoms with Crippen molar-refractivity contribution >= 4 is 6.09 Å². The van der Waals surface area contributed by atoms with Crippen molar-refractivity contribution < 1.29 is 9.53 Å². The van der Waals surface area contributed by atoms with Crippen molar-refractivity contribution in [2.45, 2.75) is 53.0 Å². The molecule has 1 unspecified atom stereocenters. The fourth-order valence-corrected chi connectivity index (χ4v) is 4.40. The third-order valence-corrected chi connectivity index (χ3v) is 5.95. The number of nitrogens with zero attached hydrogens (tertiary/aromatic N) is 1. The summed E-state index contributed by atoms with van der Waals surface area (Å²) >= 11 is 0. The van der Waals surface area contributed by atoms with Crippen molar-refractivity contribution in [1.29, 1.82) is 0 Å². The first-order valence-corrected chi connectivity index (χ1v) is 10.8. The molecule has 1 heterocycles. The Hall–Kier alpha value is -2.33. The van der Waals surface area contributed by atoms with E-state index in [1.165, 1.54) is 33.4 Å². The summed E-state index contributed by atoms with van der Waals surface area (Å²) in [7, 11) is 0. The van der Waals surface area contributed by atoms with Gasteiger partial charge in [0.2, 0.25) is 0 Å². The third kappa shape index (κ3) is 4.99. The Morgan fingerprint density at radius 3 is 2.66 bits per heavy atom. The highest BCUT2D eigenvalue weighted by Gasteiger charge is 2.31. The van der Waals surface area contributed by atoms with Crippen LogP contribution >= 0.6 is 0 Å². The molecule has 4 nitrogen and oxygen atoms in total. The van der Waals surface area contributed by atoms with Crippen LogP contribution in [0.4, 0.5) is 4.79 Å². The molecule has 156 valence electrons. The highest BCUT2D eigenvalue weighted by Crippen LogP contribution is 2.33. The quantitative estimate of drug-likeness (QED) is 0.694. The zero-order chi connectivity index (χ0) is 20.8. The van der Waals surface area contributed by atoms with E-state index in [1.54, 1.807) is 0 Å². The first kappa shape index (κ1) is 21.4. The van der Waals surface area contributed by atoms with E-state index in [-0.39, 0.29) is 12.1 Å². The van der Waals surface area contributed by atoms with E-state index >= 15 is 0 Å². The first-order valence-electron chi connectivity index (χ1n) is 10.8. The fraction of sp³-hybridized carbons (Fsp3) is 0.480. The van der Waals surface area contributed by atoms with Crippen molar-refractivity contribution in [2.75, 3.05) is 26.2 Å². The molecular formula is C25H34N2O2. The average Bonchev–Trinajstić information content (AvgIpc) is 2.72. The molecule has 2 aromatic carbocycles. The summed E-state index contributed by atoms with van der Waals surface area (Å²) in [4.78, 5) is 14.7. The summed E-state index contributed by atoms with van der Waals surface area (Å²) in [6, 6.07) is 12.9. The molecule has 1 amide bonds. The van der Waals surface area contributed by atoms with Crippen molar-refractivity contribution in [2.24, 2.45) is 0 Å². The Morgan fingerprint density at radius 1 is 1.17 bits per heavy atom. The van der Waals surface area contributed by atoms with Gasteiger partial charge < -0.3 is 10.1 Å². The van der Waals surface area contributed by atoms with Crippen molar-refractivity contribution in [1.82, 2.24) is 10.2 Å². The van der Waals surface area contributed by atoms with Gasteiger partial charge in [-0.1, -0.05) is 49.7 Å². The Labute approximate surface area is 175 Å².